The van der Waals surface area contributed by atoms with E-state index in [1.54, 1.807) is 7.11 Å². The maximum Gasteiger partial charge on any atom is 0.220 e. The van der Waals surface area contributed by atoms with Gasteiger partial charge in [-0.25, -0.2) is 13.4 Å². The molecule has 1 saturated heterocycles. The number of aryl methyl sites for hydroxylation is 1. The highest BCUT2D eigenvalue weighted by molar-refractivity contribution is 7.91. The standard InChI is InChI=1S/C17H20N2O4S2/c1-23-15-5-2-12(3-6-15)17-19-13(10-24-17)4-7-16(20)18-14-8-9-25(21,22)11-14/h2-3,5-6,10,14H,4,7-9,11H2,1H3,(H,18,20). The first kappa shape index (κ1) is 17.9. The Labute approximate surface area is 151 Å². The number of sulfone groups is 1. The SMILES string of the molecule is COc1ccc(-c2nc(CCC(=O)NC3CCS(=O)(=O)C3)cs2)cc1. The number of rotatable bonds is 6. The first-order chi connectivity index (χ1) is 11.9. The van der Waals surface area contributed by atoms with Gasteiger partial charge in [-0.2, -0.15) is 0 Å². The third-order valence-corrected chi connectivity index (χ3v) is 6.80. The normalized spacial score (nSPS) is 18.8. The number of methoxy groups -OCH3 is 1. The smallest absolute Gasteiger partial charge is 0.220 e. The molecule has 1 aromatic heterocycles. The van der Waals surface area contributed by atoms with Crippen LogP contribution in [0, 0.1) is 0 Å². The molecule has 25 heavy (non-hydrogen) atoms. The van der Waals surface area contributed by atoms with Crippen LogP contribution in [0.4, 0.5) is 0 Å². The predicted molar refractivity (Wildman–Crippen MR) is 97.6 cm³/mol. The van der Waals surface area contributed by atoms with Crippen molar-refractivity contribution in [3.8, 4) is 16.3 Å². The molecule has 2 heterocycles. The van der Waals surface area contributed by atoms with E-state index in [-0.39, 0.29) is 23.5 Å². The van der Waals surface area contributed by atoms with E-state index in [0.717, 1.165) is 22.0 Å². The van der Waals surface area contributed by atoms with Gasteiger partial charge in [-0.1, -0.05) is 0 Å². The van der Waals surface area contributed by atoms with Crippen molar-refractivity contribution < 1.29 is 17.9 Å². The van der Waals surface area contributed by atoms with E-state index in [1.807, 2.05) is 29.6 Å². The Kier molecular flexibility index (Phi) is 5.39. The lowest BCUT2D eigenvalue weighted by Crippen LogP contribution is -2.35. The molecular formula is C17H20N2O4S2. The van der Waals surface area contributed by atoms with Gasteiger partial charge in [0.2, 0.25) is 5.91 Å². The van der Waals surface area contributed by atoms with Gasteiger partial charge in [0.15, 0.2) is 9.84 Å². The van der Waals surface area contributed by atoms with Gasteiger partial charge in [0.25, 0.3) is 0 Å². The lowest BCUT2D eigenvalue weighted by Gasteiger charge is -2.10. The first-order valence-electron chi connectivity index (χ1n) is 8.04. The molecule has 1 amide bonds. The molecule has 0 spiro atoms. The van der Waals surface area contributed by atoms with Crippen molar-refractivity contribution in [3.05, 3.63) is 35.3 Å². The van der Waals surface area contributed by atoms with E-state index in [0.29, 0.717) is 19.3 Å². The number of benzene rings is 1. The zero-order valence-corrected chi connectivity index (χ0v) is 15.5. The van der Waals surface area contributed by atoms with Gasteiger partial charge in [0, 0.05) is 23.4 Å². The Hall–Kier alpha value is -1.93. The van der Waals surface area contributed by atoms with Gasteiger partial charge >= 0.3 is 0 Å². The van der Waals surface area contributed by atoms with Gasteiger partial charge in [0.1, 0.15) is 10.8 Å². The molecule has 1 fully saturated rings. The second-order valence-corrected chi connectivity index (χ2v) is 9.13. The van der Waals surface area contributed by atoms with E-state index < -0.39 is 9.84 Å². The number of hydrogen-bond donors (Lipinski definition) is 1. The highest BCUT2D eigenvalue weighted by Gasteiger charge is 2.28. The Morgan fingerprint density at radius 1 is 1.36 bits per heavy atom. The summed E-state index contributed by atoms with van der Waals surface area (Å²) in [6, 6.07) is 7.44. The third-order valence-electron chi connectivity index (χ3n) is 4.09. The molecule has 1 unspecified atom stereocenters. The van der Waals surface area contributed by atoms with E-state index in [1.165, 1.54) is 11.3 Å². The number of carbonyl (C=O) groups excluding carboxylic acids is 1. The fraction of sp³-hybridized carbons (Fsp3) is 0.412. The maximum atomic E-state index is 12.0. The molecule has 3 rings (SSSR count). The Balaban J connectivity index is 1.52. The van der Waals surface area contributed by atoms with Crippen LogP contribution in [0.2, 0.25) is 0 Å². The zero-order valence-electron chi connectivity index (χ0n) is 13.9. The maximum absolute atomic E-state index is 12.0. The zero-order chi connectivity index (χ0) is 17.9. The summed E-state index contributed by atoms with van der Waals surface area (Å²) < 4.78 is 28.0. The van der Waals surface area contributed by atoms with Crippen LogP contribution >= 0.6 is 11.3 Å². The largest absolute Gasteiger partial charge is 0.497 e. The first-order valence-corrected chi connectivity index (χ1v) is 10.7. The van der Waals surface area contributed by atoms with Crippen molar-refractivity contribution >= 4 is 27.1 Å². The van der Waals surface area contributed by atoms with Crippen molar-refractivity contribution in [2.24, 2.45) is 0 Å². The molecule has 1 atom stereocenters. The number of carbonyl (C=O) groups is 1. The summed E-state index contributed by atoms with van der Waals surface area (Å²) in [5.74, 6) is 0.888. The lowest BCUT2D eigenvalue weighted by molar-refractivity contribution is -0.121. The quantitative estimate of drug-likeness (QED) is 0.829. The molecule has 0 aliphatic carbocycles. The molecule has 1 aliphatic rings. The van der Waals surface area contributed by atoms with E-state index in [9.17, 15) is 13.2 Å². The molecule has 0 saturated carbocycles. The average molecular weight is 380 g/mol. The van der Waals surface area contributed by atoms with Crippen molar-refractivity contribution in [1.29, 1.82) is 0 Å². The summed E-state index contributed by atoms with van der Waals surface area (Å²) in [5.41, 5.74) is 1.88. The Morgan fingerprint density at radius 2 is 2.12 bits per heavy atom. The molecule has 134 valence electrons. The second kappa shape index (κ2) is 7.53. The van der Waals surface area contributed by atoms with Gasteiger partial charge in [-0.15, -0.1) is 11.3 Å². The van der Waals surface area contributed by atoms with Crippen LogP contribution in [0.25, 0.3) is 10.6 Å². The highest BCUT2D eigenvalue weighted by Crippen LogP contribution is 2.26. The fourth-order valence-corrected chi connectivity index (χ4v) is 5.27. The summed E-state index contributed by atoms with van der Waals surface area (Å²) >= 11 is 1.54. The van der Waals surface area contributed by atoms with Crippen molar-refractivity contribution in [2.75, 3.05) is 18.6 Å². The molecule has 1 N–H and O–H groups in total. The molecule has 0 radical (unpaired) electrons. The molecule has 6 nitrogen and oxygen atoms in total. The number of hydrogen-bond acceptors (Lipinski definition) is 6. The summed E-state index contributed by atoms with van der Waals surface area (Å²) in [7, 11) is -1.35. The number of nitrogens with zero attached hydrogens (tertiary/aromatic N) is 1. The van der Waals surface area contributed by atoms with Crippen LogP contribution in [-0.2, 0) is 21.1 Å². The van der Waals surface area contributed by atoms with Crippen molar-refractivity contribution in [1.82, 2.24) is 10.3 Å². The minimum Gasteiger partial charge on any atom is -0.497 e. The molecule has 0 bridgehead atoms. The van der Waals surface area contributed by atoms with E-state index in [2.05, 4.69) is 10.3 Å². The lowest BCUT2D eigenvalue weighted by atomic mass is 10.2. The number of nitrogens with one attached hydrogen (secondary N) is 1. The van der Waals surface area contributed by atoms with Crippen LogP contribution in [0.5, 0.6) is 5.75 Å². The van der Waals surface area contributed by atoms with Crippen LogP contribution in [0.15, 0.2) is 29.6 Å². The van der Waals surface area contributed by atoms with Gasteiger partial charge in [-0.3, -0.25) is 4.79 Å². The van der Waals surface area contributed by atoms with E-state index in [4.69, 9.17) is 4.74 Å². The highest BCUT2D eigenvalue weighted by atomic mass is 32.2. The molecule has 1 aliphatic heterocycles. The van der Waals surface area contributed by atoms with Gasteiger partial charge in [0.05, 0.1) is 24.3 Å². The molecule has 8 heteroatoms. The van der Waals surface area contributed by atoms with Crippen LogP contribution in [-0.4, -0.2) is 44.0 Å². The van der Waals surface area contributed by atoms with Crippen molar-refractivity contribution in [2.45, 2.75) is 25.3 Å². The van der Waals surface area contributed by atoms with Gasteiger partial charge < -0.3 is 10.1 Å². The number of amides is 1. The van der Waals surface area contributed by atoms with Crippen LogP contribution < -0.4 is 10.1 Å². The van der Waals surface area contributed by atoms with Gasteiger partial charge in [-0.05, 0) is 37.1 Å². The number of aromatic nitrogens is 1. The number of ether oxygens (including phenoxy) is 1. The summed E-state index contributed by atoms with van der Waals surface area (Å²) in [6.45, 7) is 0. The monoisotopic (exact) mass is 380 g/mol. The number of thiazole rings is 1. The summed E-state index contributed by atoms with van der Waals surface area (Å²) in [4.78, 5) is 16.6. The molecule has 1 aromatic carbocycles. The minimum absolute atomic E-state index is 0.0526. The topological polar surface area (TPSA) is 85.4 Å². The average Bonchev–Trinajstić information content (AvgIpc) is 3.19. The molecular weight excluding hydrogens is 360 g/mol. The fourth-order valence-electron chi connectivity index (χ4n) is 2.74. The molecule has 2 aromatic rings. The summed E-state index contributed by atoms with van der Waals surface area (Å²) in [6.07, 6.45) is 1.35. The third kappa shape index (κ3) is 4.79. The Morgan fingerprint density at radius 3 is 2.76 bits per heavy atom. The van der Waals surface area contributed by atoms with E-state index >= 15 is 0 Å². The van der Waals surface area contributed by atoms with Crippen LogP contribution in [0.3, 0.4) is 0 Å². The van der Waals surface area contributed by atoms with Crippen LogP contribution in [0.1, 0.15) is 18.5 Å². The van der Waals surface area contributed by atoms with Crippen molar-refractivity contribution in [3.63, 3.8) is 0 Å². The summed E-state index contributed by atoms with van der Waals surface area (Å²) in [5, 5.41) is 5.65. The second-order valence-electron chi connectivity index (χ2n) is 6.04. The predicted octanol–water partition coefficient (Wildman–Crippen LogP) is 2.05. The Bertz CT molecular complexity index is 844. The minimum atomic E-state index is -2.97.